The lowest BCUT2D eigenvalue weighted by atomic mass is 9.96. The van der Waals surface area contributed by atoms with E-state index in [1.165, 1.54) is 0 Å². The van der Waals surface area contributed by atoms with Crippen molar-refractivity contribution >= 4 is 17.4 Å². The van der Waals surface area contributed by atoms with E-state index in [1.54, 1.807) is 0 Å². The van der Waals surface area contributed by atoms with Gasteiger partial charge in [-0.1, -0.05) is 25.4 Å². The lowest BCUT2D eigenvalue weighted by Crippen LogP contribution is -2.33. The number of ketones is 1. The molecule has 3 nitrogen and oxygen atoms in total. The largest absolute Gasteiger partial charge is 0.493 e. The second kappa shape index (κ2) is 5.93. The molecule has 1 atom stereocenters. The van der Waals surface area contributed by atoms with Crippen LogP contribution in [0.15, 0.2) is 12.1 Å². The SMILES string of the molecule is CC(C)CC(N)C(=O)Cc1cc(Cl)cc2c1OCC2. The van der Waals surface area contributed by atoms with Gasteiger partial charge in [-0.05, 0) is 30.0 Å². The Morgan fingerprint density at radius 2 is 2.21 bits per heavy atom. The molecule has 0 fully saturated rings. The third-order valence-corrected chi connectivity index (χ3v) is 3.55. The van der Waals surface area contributed by atoms with Gasteiger partial charge in [0.25, 0.3) is 0 Å². The first-order chi connectivity index (χ1) is 8.97. The third kappa shape index (κ3) is 3.48. The average molecular weight is 282 g/mol. The normalized spacial score (nSPS) is 15.2. The topological polar surface area (TPSA) is 52.3 Å². The number of ether oxygens (including phenoxy) is 1. The van der Waals surface area contributed by atoms with Crippen LogP contribution in [0, 0.1) is 5.92 Å². The van der Waals surface area contributed by atoms with Gasteiger partial charge in [0.15, 0.2) is 5.78 Å². The van der Waals surface area contributed by atoms with Crippen LogP contribution in [0.3, 0.4) is 0 Å². The van der Waals surface area contributed by atoms with Crippen molar-refractivity contribution < 1.29 is 9.53 Å². The third-order valence-electron chi connectivity index (χ3n) is 3.33. The van der Waals surface area contributed by atoms with Crippen molar-refractivity contribution in [2.24, 2.45) is 11.7 Å². The van der Waals surface area contributed by atoms with Crippen molar-refractivity contribution in [3.05, 3.63) is 28.3 Å². The molecule has 2 N–H and O–H groups in total. The summed E-state index contributed by atoms with van der Waals surface area (Å²) >= 11 is 6.08. The van der Waals surface area contributed by atoms with E-state index >= 15 is 0 Å². The fourth-order valence-corrected chi connectivity index (χ4v) is 2.70. The molecule has 0 bridgehead atoms. The van der Waals surface area contributed by atoms with E-state index in [4.69, 9.17) is 22.1 Å². The number of carbonyl (C=O) groups is 1. The predicted molar refractivity (Wildman–Crippen MR) is 76.8 cm³/mol. The molecule has 0 aromatic heterocycles. The number of benzene rings is 1. The van der Waals surface area contributed by atoms with Crippen LogP contribution in [0.5, 0.6) is 5.75 Å². The minimum Gasteiger partial charge on any atom is -0.493 e. The van der Waals surface area contributed by atoms with Crippen LogP contribution in [0.25, 0.3) is 0 Å². The minimum atomic E-state index is -0.406. The van der Waals surface area contributed by atoms with Crippen LogP contribution in [0.4, 0.5) is 0 Å². The van der Waals surface area contributed by atoms with E-state index in [0.29, 0.717) is 30.4 Å². The molecule has 19 heavy (non-hydrogen) atoms. The molecule has 0 radical (unpaired) electrons. The maximum absolute atomic E-state index is 12.1. The van der Waals surface area contributed by atoms with E-state index < -0.39 is 6.04 Å². The summed E-state index contributed by atoms with van der Waals surface area (Å²) in [6, 6.07) is 3.31. The van der Waals surface area contributed by atoms with Crippen molar-refractivity contribution in [2.75, 3.05) is 6.61 Å². The first kappa shape index (κ1) is 14.4. The van der Waals surface area contributed by atoms with Gasteiger partial charge in [0.2, 0.25) is 0 Å². The molecule has 2 rings (SSSR count). The summed E-state index contributed by atoms with van der Waals surface area (Å²) in [6.45, 7) is 4.79. The predicted octanol–water partition coefficient (Wildman–Crippen LogP) is 2.76. The zero-order chi connectivity index (χ0) is 14.0. The summed E-state index contributed by atoms with van der Waals surface area (Å²) in [5.41, 5.74) is 7.88. The summed E-state index contributed by atoms with van der Waals surface area (Å²) in [5.74, 6) is 1.29. The van der Waals surface area contributed by atoms with Crippen LogP contribution >= 0.6 is 11.6 Å². The molecule has 0 saturated heterocycles. The molecule has 4 heteroatoms. The van der Waals surface area contributed by atoms with E-state index in [1.807, 2.05) is 12.1 Å². The van der Waals surface area contributed by atoms with Crippen molar-refractivity contribution in [1.29, 1.82) is 0 Å². The number of hydrogen-bond acceptors (Lipinski definition) is 3. The number of fused-ring (bicyclic) bond motifs is 1. The van der Waals surface area contributed by atoms with Crippen LogP contribution in [0.1, 0.15) is 31.4 Å². The van der Waals surface area contributed by atoms with Gasteiger partial charge in [0.1, 0.15) is 5.75 Å². The smallest absolute Gasteiger partial charge is 0.154 e. The highest BCUT2D eigenvalue weighted by atomic mass is 35.5. The van der Waals surface area contributed by atoms with Gasteiger partial charge >= 0.3 is 0 Å². The fraction of sp³-hybridized carbons (Fsp3) is 0.533. The number of hydrogen-bond donors (Lipinski definition) is 1. The Bertz CT molecular complexity index is 485. The Morgan fingerprint density at radius 1 is 1.47 bits per heavy atom. The van der Waals surface area contributed by atoms with Crippen LogP contribution < -0.4 is 10.5 Å². The molecule has 0 aliphatic carbocycles. The van der Waals surface area contributed by atoms with Gasteiger partial charge < -0.3 is 10.5 Å². The number of halogens is 1. The Labute approximate surface area is 119 Å². The summed E-state index contributed by atoms with van der Waals surface area (Å²) in [7, 11) is 0. The second-order valence-electron chi connectivity index (χ2n) is 5.53. The van der Waals surface area contributed by atoms with E-state index in [2.05, 4.69) is 13.8 Å². The Morgan fingerprint density at radius 3 is 2.89 bits per heavy atom. The lowest BCUT2D eigenvalue weighted by Gasteiger charge is -2.14. The van der Waals surface area contributed by atoms with Gasteiger partial charge in [-0.2, -0.15) is 0 Å². The molecule has 1 heterocycles. The Balaban J connectivity index is 2.13. The molecule has 1 aromatic carbocycles. The van der Waals surface area contributed by atoms with E-state index in [0.717, 1.165) is 23.3 Å². The zero-order valence-corrected chi connectivity index (χ0v) is 12.2. The summed E-state index contributed by atoms with van der Waals surface area (Å²) in [4.78, 5) is 12.1. The van der Waals surface area contributed by atoms with Gasteiger partial charge in [0, 0.05) is 23.4 Å². The monoisotopic (exact) mass is 281 g/mol. The van der Waals surface area contributed by atoms with Crippen molar-refractivity contribution in [2.45, 2.75) is 39.2 Å². The minimum absolute atomic E-state index is 0.0497. The summed E-state index contributed by atoms with van der Waals surface area (Å²) < 4.78 is 5.59. The highest BCUT2D eigenvalue weighted by Crippen LogP contribution is 2.33. The van der Waals surface area contributed by atoms with Crippen LogP contribution in [-0.4, -0.2) is 18.4 Å². The fourth-order valence-electron chi connectivity index (χ4n) is 2.44. The number of rotatable bonds is 5. The maximum Gasteiger partial charge on any atom is 0.154 e. The van der Waals surface area contributed by atoms with Gasteiger partial charge in [-0.15, -0.1) is 0 Å². The number of carbonyl (C=O) groups excluding carboxylic acids is 1. The molecule has 104 valence electrons. The van der Waals surface area contributed by atoms with Gasteiger partial charge in [-0.3, -0.25) is 4.79 Å². The standard InChI is InChI=1S/C15H20ClNO2/c1-9(2)5-13(17)14(18)8-11-7-12(16)6-10-3-4-19-15(10)11/h6-7,9,13H,3-5,8,17H2,1-2H3. The van der Waals surface area contributed by atoms with Crippen molar-refractivity contribution in [1.82, 2.24) is 0 Å². The first-order valence-electron chi connectivity index (χ1n) is 6.69. The van der Waals surface area contributed by atoms with Crippen molar-refractivity contribution in [3.63, 3.8) is 0 Å². The molecular weight excluding hydrogens is 262 g/mol. The molecule has 1 aromatic rings. The Kier molecular flexibility index (Phi) is 4.48. The van der Waals surface area contributed by atoms with Crippen molar-refractivity contribution in [3.8, 4) is 5.75 Å². The Hall–Kier alpha value is -1.06. The summed E-state index contributed by atoms with van der Waals surface area (Å²) in [6.07, 6.45) is 1.87. The molecule has 0 saturated carbocycles. The van der Waals surface area contributed by atoms with Gasteiger partial charge in [-0.25, -0.2) is 0 Å². The van der Waals surface area contributed by atoms with E-state index in [-0.39, 0.29) is 5.78 Å². The number of nitrogens with two attached hydrogens (primary N) is 1. The maximum atomic E-state index is 12.1. The molecule has 0 spiro atoms. The highest BCUT2D eigenvalue weighted by Gasteiger charge is 2.22. The second-order valence-corrected chi connectivity index (χ2v) is 5.97. The molecule has 1 unspecified atom stereocenters. The average Bonchev–Trinajstić information content (AvgIpc) is 2.75. The van der Waals surface area contributed by atoms with E-state index in [9.17, 15) is 4.79 Å². The quantitative estimate of drug-likeness (QED) is 0.903. The lowest BCUT2D eigenvalue weighted by molar-refractivity contribution is -0.120. The first-order valence-corrected chi connectivity index (χ1v) is 7.07. The van der Waals surface area contributed by atoms with Crippen LogP contribution in [0.2, 0.25) is 5.02 Å². The van der Waals surface area contributed by atoms with Crippen LogP contribution in [-0.2, 0) is 17.6 Å². The molecule has 1 aliphatic rings. The highest BCUT2D eigenvalue weighted by molar-refractivity contribution is 6.30. The zero-order valence-electron chi connectivity index (χ0n) is 11.4. The number of Topliss-reactive ketones (excluding diaryl/α,β-unsaturated/α-hetero) is 1. The van der Waals surface area contributed by atoms with Gasteiger partial charge in [0.05, 0.1) is 12.6 Å². The molecule has 1 aliphatic heterocycles. The molecule has 0 amide bonds. The molecular formula is C15H20ClNO2. The summed E-state index contributed by atoms with van der Waals surface area (Å²) in [5, 5.41) is 0.657.